The van der Waals surface area contributed by atoms with Gasteiger partial charge in [-0.2, -0.15) is 0 Å². The molecule has 0 radical (unpaired) electrons. The lowest BCUT2D eigenvalue weighted by Crippen LogP contribution is -2.45. The average molecular weight is 286 g/mol. The fraction of sp³-hybridized carbons (Fsp3) is 0.941. The average Bonchev–Trinajstić information content (AvgIpc) is 2.10. The van der Waals surface area contributed by atoms with Crippen molar-refractivity contribution in [3.8, 4) is 0 Å². The van der Waals surface area contributed by atoms with Crippen LogP contribution in [-0.4, -0.2) is 44.7 Å². The smallest absolute Gasteiger partial charge is 0.312 e. The molecule has 3 heteroatoms. The Morgan fingerprint density at radius 3 is 1.70 bits per heavy atom. The van der Waals surface area contributed by atoms with Crippen LogP contribution in [0, 0.1) is 16.2 Å². The van der Waals surface area contributed by atoms with Gasteiger partial charge in [-0.25, -0.2) is 0 Å². The van der Waals surface area contributed by atoms with E-state index < -0.39 is 5.41 Å². The Balaban J connectivity index is 4.94. The summed E-state index contributed by atoms with van der Waals surface area (Å²) in [4.78, 5) is 12.6. The first-order valence-electron chi connectivity index (χ1n) is 7.56. The van der Waals surface area contributed by atoms with Crippen LogP contribution in [0.5, 0.6) is 0 Å². The standard InChI is InChI=1S/C17H36NO2/c1-15(2,3)13-17(7,16(4,5)6)14(19)20-12-11-18(8,9)10/h11-13H2,1-10H3/q+1. The van der Waals surface area contributed by atoms with E-state index in [2.05, 4.69) is 62.7 Å². The first kappa shape index (κ1) is 19.4. The summed E-state index contributed by atoms with van der Waals surface area (Å²) in [6, 6.07) is 0. The fourth-order valence-electron chi connectivity index (χ4n) is 2.28. The van der Waals surface area contributed by atoms with Crippen LogP contribution >= 0.6 is 0 Å². The molecule has 1 atom stereocenters. The lowest BCUT2D eigenvalue weighted by Gasteiger charge is -2.43. The first-order valence-corrected chi connectivity index (χ1v) is 7.56. The Bertz CT molecular complexity index is 328. The molecule has 0 bridgehead atoms. The van der Waals surface area contributed by atoms with Crippen LogP contribution in [0.1, 0.15) is 54.9 Å². The molecular formula is C17H36NO2+. The van der Waals surface area contributed by atoms with E-state index in [9.17, 15) is 4.79 Å². The highest BCUT2D eigenvalue weighted by molar-refractivity contribution is 5.77. The highest BCUT2D eigenvalue weighted by atomic mass is 16.5. The predicted molar refractivity (Wildman–Crippen MR) is 85.5 cm³/mol. The van der Waals surface area contributed by atoms with Crippen molar-refractivity contribution in [3.05, 3.63) is 0 Å². The second-order valence-corrected chi connectivity index (χ2v) is 9.47. The molecular weight excluding hydrogens is 250 g/mol. The van der Waals surface area contributed by atoms with E-state index in [4.69, 9.17) is 4.74 Å². The van der Waals surface area contributed by atoms with Crippen molar-refractivity contribution in [3.63, 3.8) is 0 Å². The number of nitrogens with zero attached hydrogens (tertiary/aromatic N) is 1. The van der Waals surface area contributed by atoms with Gasteiger partial charge >= 0.3 is 5.97 Å². The van der Waals surface area contributed by atoms with Crippen LogP contribution in [-0.2, 0) is 9.53 Å². The molecule has 3 nitrogen and oxygen atoms in total. The molecule has 0 heterocycles. The highest BCUT2D eigenvalue weighted by Crippen LogP contribution is 2.47. The van der Waals surface area contributed by atoms with Gasteiger partial charge in [0.05, 0.1) is 26.6 Å². The summed E-state index contributed by atoms with van der Waals surface area (Å²) in [5, 5.41) is 0. The summed E-state index contributed by atoms with van der Waals surface area (Å²) >= 11 is 0. The molecule has 0 fully saturated rings. The highest BCUT2D eigenvalue weighted by Gasteiger charge is 2.47. The minimum Gasteiger partial charge on any atom is -0.459 e. The third-order valence-electron chi connectivity index (χ3n) is 3.99. The van der Waals surface area contributed by atoms with Gasteiger partial charge in [0, 0.05) is 0 Å². The van der Waals surface area contributed by atoms with Gasteiger partial charge in [0.1, 0.15) is 13.2 Å². The summed E-state index contributed by atoms with van der Waals surface area (Å²) < 4.78 is 6.41. The summed E-state index contributed by atoms with van der Waals surface area (Å²) in [5.74, 6) is -0.0617. The Morgan fingerprint density at radius 1 is 0.950 bits per heavy atom. The predicted octanol–water partition coefficient (Wildman–Crippen LogP) is 3.72. The minimum atomic E-state index is -0.462. The van der Waals surface area contributed by atoms with Crippen molar-refractivity contribution >= 4 is 5.97 Å². The molecule has 0 spiro atoms. The summed E-state index contributed by atoms with van der Waals surface area (Å²) in [5.41, 5.74) is -0.481. The Hall–Kier alpha value is -0.570. The van der Waals surface area contributed by atoms with E-state index in [0.717, 1.165) is 17.4 Å². The molecule has 0 saturated carbocycles. The van der Waals surface area contributed by atoms with E-state index >= 15 is 0 Å². The van der Waals surface area contributed by atoms with Gasteiger partial charge in [0.25, 0.3) is 0 Å². The van der Waals surface area contributed by atoms with Gasteiger partial charge in [-0.15, -0.1) is 0 Å². The van der Waals surface area contributed by atoms with Gasteiger partial charge in [-0.1, -0.05) is 41.5 Å². The van der Waals surface area contributed by atoms with E-state index in [1.807, 2.05) is 6.92 Å². The zero-order valence-electron chi connectivity index (χ0n) is 15.4. The molecule has 0 amide bonds. The summed E-state index contributed by atoms with van der Waals surface area (Å²) in [7, 11) is 6.31. The zero-order chi connectivity index (χ0) is 16.4. The maximum Gasteiger partial charge on any atom is 0.312 e. The molecule has 1 unspecified atom stereocenters. The van der Waals surface area contributed by atoms with Crippen molar-refractivity contribution in [1.29, 1.82) is 0 Å². The molecule has 0 aromatic carbocycles. The monoisotopic (exact) mass is 286 g/mol. The van der Waals surface area contributed by atoms with Crippen molar-refractivity contribution in [2.75, 3.05) is 34.3 Å². The third-order valence-corrected chi connectivity index (χ3v) is 3.99. The summed E-state index contributed by atoms with van der Waals surface area (Å²) in [6.07, 6.45) is 0.826. The van der Waals surface area contributed by atoms with Gasteiger partial charge < -0.3 is 9.22 Å². The Morgan fingerprint density at radius 2 is 1.40 bits per heavy atom. The maximum absolute atomic E-state index is 12.6. The minimum absolute atomic E-state index is 0.0617. The van der Waals surface area contributed by atoms with Crippen LogP contribution in [0.2, 0.25) is 0 Å². The second-order valence-electron chi connectivity index (χ2n) is 9.47. The van der Waals surface area contributed by atoms with Crippen LogP contribution in [0.15, 0.2) is 0 Å². The quantitative estimate of drug-likeness (QED) is 0.569. The molecule has 0 aliphatic heterocycles. The van der Waals surface area contributed by atoms with Gasteiger partial charge in [-0.05, 0) is 24.2 Å². The lowest BCUT2D eigenvalue weighted by molar-refractivity contribution is -0.870. The molecule has 0 rings (SSSR count). The SMILES string of the molecule is CC(C)(C)CC(C)(C(=O)OCC[N+](C)(C)C)C(C)(C)C. The Labute approximate surface area is 126 Å². The molecule has 20 heavy (non-hydrogen) atoms. The van der Waals surface area contributed by atoms with Crippen molar-refractivity contribution in [2.45, 2.75) is 54.9 Å². The molecule has 0 aliphatic carbocycles. The van der Waals surface area contributed by atoms with Crippen LogP contribution in [0.4, 0.5) is 0 Å². The number of carbonyl (C=O) groups excluding carboxylic acids is 1. The zero-order valence-corrected chi connectivity index (χ0v) is 15.4. The molecule has 120 valence electrons. The van der Waals surface area contributed by atoms with E-state index in [0.29, 0.717) is 6.61 Å². The first-order chi connectivity index (χ1) is 8.58. The lowest BCUT2D eigenvalue weighted by atomic mass is 9.61. The molecule has 0 N–H and O–H groups in total. The normalized spacial score (nSPS) is 16.7. The molecule has 0 aliphatic rings. The fourth-order valence-corrected chi connectivity index (χ4v) is 2.28. The number of hydrogen-bond donors (Lipinski definition) is 0. The Kier molecular flexibility index (Phi) is 5.87. The number of ether oxygens (including phenoxy) is 1. The van der Waals surface area contributed by atoms with E-state index in [1.165, 1.54) is 0 Å². The second kappa shape index (κ2) is 6.05. The van der Waals surface area contributed by atoms with Crippen LogP contribution in [0.25, 0.3) is 0 Å². The van der Waals surface area contributed by atoms with E-state index in [-0.39, 0.29) is 16.8 Å². The summed E-state index contributed by atoms with van der Waals surface area (Å²) in [6.45, 7) is 16.3. The largest absolute Gasteiger partial charge is 0.459 e. The van der Waals surface area contributed by atoms with Gasteiger partial charge in [-0.3, -0.25) is 4.79 Å². The number of carbonyl (C=O) groups is 1. The van der Waals surface area contributed by atoms with Crippen molar-refractivity contribution < 1.29 is 14.0 Å². The van der Waals surface area contributed by atoms with Crippen LogP contribution in [0.3, 0.4) is 0 Å². The van der Waals surface area contributed by atoms with Gasteiger partial charge in [0.15, 0.2) is 0 Å². The van der Waals surface area contributed by atoms with Crippen molar-refractivity contribution in [1.82, 2.24) is 0 Å². The number of esters is 1. The third kappa shape index (κ3) is 6.25. The van der Waals surface area contributed by atoms with Crippen molar-refractivity contribution in [2.24, 2.45) is 16.2 Å². The number of rotatable bonds is 5. The molecule has 0 saturated heterocycles. The number of hydrogen-bond acceptors (Lipinski definition) is 2. The topological polar surface area (TPSA) is 26.3 Å². The van der Waals surface area contributed by atoms with Gasteiger partial charge in [0.2, 0.25) is 0 Å². The maximum atomic E-state index is 12.6. The number of quaternary nitrogens is 1. The van der Waals surface area contributed by atoms with E-state index in [1.54, 1.807) is 0 Å². The number of likely N-dealkylation sites (N-methyl/N-ethyl adjacent to an activating group) is 1. The molecule has 0 aromatic heterocycles. The molecule has 0 aromatic rings. The van der Waals surface area contributed by atoms with Crippen LogP contribution < -0.4 is 0 Å².